The Kier molecular flexibility index (Phi) is 3.81. The number of nitrogens with zero attached hydrogens (tertiary/aromatic N) is 2. The van der Waals surface area contributed by atoms with Crippen molar-refractivity contribution in [2.75, 3.05) is 18.5 Å². The minimum atomic E-state index is -0.518. The van der Waals surface area contributed by atoms with E-state index in [-0.39, 0.29) is 5.91 Å². The second-order valence-corrected chi connectivity index (χ2v) is 4.82. The second kappa shape index (κ2) is 5.35. The number of aliphatic hydroxyl groups excluding tert-OH is 1. The Morgan fingerprint density at radius 2 is 2.33 bits per heavy atom. The number of hydrogen-bond acceptors (Lipinski definition) is 4. The van der Waals surface area contributed by atoms with Crippen LogP contribution >= 0.6 is 0 Å². The Morgan fingerprint density at radius 1 is 1.61 bits per heavy atom. The molecule has 2 rings (SSSR count). The van der Waals surface area contributed by atoms with Crippen molar-refractivity contribution in [2.45, 2.75) is 31.9 Å². The lowest BCUT2D eigenvalue weighted by atomic mass is 10.2. The molecule has 0 aromatic carbocycles. The molecule has 1 aliphatic carbocycles. The molecule has 1 saturated carbocycles. The number of aromatic nitrogens is 1. The molecule has 18 heavy (non-hydrogen) atoms. The molecule has 2 N–H and O–H groups in total. The lowest BCUT2D eigenvalue weighted by molar-refractivity contribution is -0.119. The number of likely N-dealkylation sites (N-methyl/N-ethyl adjacent to an activating group) is 1. The van der Waals surface area contributed by atoms with Gasteiger partial charge in [-0.2, -0.15) is 0 Å². The lowest BCUT2D eigenvalue weighted by Crippen LogP contribution is -2.36. The fraction of sp³-hybridized carbons (Fsp3) is 0.538. The fourth-order valence-corrected chi connectivity index (χ4v) is 1.67. The van der Waals surface area contributed by atoms with Gasteiger partial charge in [-0.05, 0) is 31.4 Å². The minimum Gasteiger partial charge on any atom is -0.389 e. The molecule has 1 aliphatic rings. The van der Waals surface area contributed by atoms with Crippen LogP contribution in [0.4, 0.5) is 5.82 Å². The van der Waals surface area contributed by atoms with Crippen LogP contribution in [-0.4, -0.2) is 35.6 Å². The average molecular weight is 249 g/mol. The quantitative estimate of drug-likeness (QED) is 0.812. The summed E-state index contributed by atoms with van der Waals surface area (Å²) in [7, 11) is 1.83. The van der Waals surface area contributed by atoms with E-state index in [9.17, 15) is 9.90 Å². The number of anilines is 1. The van der Waals surface area contributed by atoms with E-state index in [0.717, 1.165) is 24.2 Å². The Bertz CT molecular complexity index is 413. The van der Waals surface area contributed by atoms with Gasteiger partial charge in [0.1, 0.15) is 5.82 Å². The van der Waals surface area contributed by atoms with Crippen LogP contribution in [0.5, 0.6) is 0 Å². The van der Waals surface area contributed by atoms with Crippen LogP contribution in [0.1, 0.15) is 31.4 Å². The first-order valence-electron chi connectivity index (χ1n) is 6.21. The number of aliphatic hydroxyl groups is 1. The molecule has 1 heterocycles. The predicted molar refractivity (Wildman–Crippen MR) is 69.3 cm³/mol. The van der Waals surface area contributed by atoms with Gasteiger partial charge < -0.3 is 15.3 Å². The Hall–Kier alpha value is -1.62. The van der Waals surface area contributed by atoms with Gasteiger partial charge in [0, 0.05) is 19.3 Å². The summed E-state index contributed by atoms with van der Waals surface area (Å²) >= 11 is 0. The van der Waals surface area contributed by atoms with Crippen molar-refractivity contribution in [3.63, 3.8) is 0 Å². The van der Waals surface area contributed by atoms with Crippen molar-refractivity contribution in [1.82, 2.24) is 10.3 Å². The van der Waals surface area contributed by atoms with Gasteiger partial charge in [0.05, 0.1) is 12.6 Å². The standard InChI is InChI=1S/C13H19N3O2/c1-9(17)10-3-6-12(14-7-10)16(2)8-13(18)15-11-4-5-11/h3,6-7,9,11,17H,4-5,8H2,1-2H3,(H,15,18)/t9-/m1/s1. The number of carbonyl (C=O) groups excluding carboxylic acids is 1. The number of carbonyl (C=O) groups is 1. The van der Waals surface area contributed by atoms with E-state index < -0.39 is 6.10 Å². The molecule has 5 nitrogen and oxygen atoms in total. The number of hydrogen-bond donors (Lipinski definition) is 2. The SMILES string of the molecule is C[C@@H](O)c1ccc(N(C)CC(=O)NC2CC2)nc1. The van der Waals surface area contributed by atoms with E-state index in [4.69, 9.17) is 0 Å². The first-order valence-corrected chi connectivity index (χ1v) is 6.21. The first kappa shape index (κ1) is 12.8. The van der Waals surface area contributed by atoms with Crippen LogP contribution in [0.15, 0.2) is 18.3 Å². The molecule has 1 aromatic rings. The zero-order chi connectivity index (χ0) is 13.1. The molecule has 0 aliphatic heterocycles. The van der Waals surface area contributed by atoms with Gasteiger partial charge in [-0.15, -0.1) is 0 Å². The topological polar surface area (TPSA) is 65.5 Å². The summed E-state index contributed by atoms with van der Waals surface area (Å²) in [6.45, 7) is 2.00. The zero-order valence-corrected chi connectivity index (χ0v) is 10.8. The third-order valence-electron chi connectivity index (χ3n) is 2.97. The summed E-state index contributed by atoms with van der Waals surface area (Å²) < 4.78 is 0. The van der Waals surface area contributed by atoms with Gasteiger partial charge >= 0.3 is 0 Å². The van der Waals surface area contributed by atoms with Gasteiger partial charge in [0.25, 0.3) is 0 Å². The zero-order valence-electron chi connectivity index (χ0n) is 10.8. The lowest BCUT2D eigenvalue weighted by Gasteiger charge is -2.18. The molecule has 1 atom stereocenters. The monoisotopic (exact) mass is 249 g/mol. The maximum Gasteiger partial charge on any atom is 0.239 e. The van der Waals surface area contributed by atoms with Crippen molar-refractivity contribution < 1.29 is 9.90 Å². The van der Waals surface area contributed by atoms with Gasteiger partial charge in [-0.1, -0.05) is 6.07 Å². The highest BCUT2D eigenvalue weighted by molar-refractivity contribution is 5.81. The molecule has 0 radical (unpaired) electrons. The number of rotatable bonds is 5. The van der Waals surface area contributed by atoms with Crippen molar-refractivity contribution in [2.24, 2.45) is 0 Å². The molecule has 1 fully saturated rings. The fourth-order valence-electron chi connectivity index (χ4n) is 1.67. The van der Waals surface area contributed by atoms with E-state index in [0.29, 0.717) is 12.6 Å². The molecular weight excluding hydrogens is 230 g/mol. The van der Waals surface area contributed by atoms with E-state index in [1.165, 1.54) is 0 Å². The third kappa shape index (κ3) is 3.43. The molecule has 0 saturated heterocycles. The third-order valence-corrected chi connectivity index (χ3v) is 2.97. The highest BCUT2D eigenvalue weighted by Crippen LogP contribution is 2.19. The van der Waals surface area contributed by atoms with E-state index in [2.05, 4.69) is 10.3 Å². The van der Waals surface area contributed by atoms with Crippen LogP contribution in [-0.2, 0) is 4.79 Å². The maximum atomic E-state index is 11.6. The van der Waals surface area contributed by atoms with Gasteiger partial charge in [-0.3, -0.25) is 4.79 Å². The summed E-state index contributed by atoms with van der Waals surface area (Å²) in [6.07, 6.45) is 3.30. The molecule has 0 bridgehead atoms. The number of nitrogens with one attached hydrogen (secondary N) is 1. The Labute approximate surface area is 107 Å². The largest absolute Gasteiger partial charge is 0.389 e. The van der Waals surface area contributed by atoms with E-state index in [1.54, 1.807) is 18.0 Å². The highest BCUT2D eigenvalue weighted by Gasteiger charge is 2.23. The van der Waals surface area contributed by atoms with Crippen LogP contribution in [0.3, 0.4) is 0 Å². The predicted octanol–water partition coefficient (Wildman–Crippen LogP) is 0.850. The van der Waals surface area contributed by atoms with Crippen molar-refractivity contribution >= 4 is 11.7 Å². The van der Waals surface area contributed by atoms with Crippen molar-refractivity contribution in [3.05, 3.63) is 23.9 Å². The maximum absolute atomic E-state index is 11.6. The number of amides is 1. The van der Waals surface area contributed by atoms with Gasteiger partial charge in [0.2, 0.25) is 5.91 Å². The molecule has 0 unspecified atom stereocenters. The molecule has 5 heteroatoms. The molecular formula is C13H19N3O2. The summed E-state index contributed by atoms with van der Waals surface area (Å²) in [5.74, 6) is 0.756. The molecule has 1 aromatic heterocycles. The average Bonchev–Trinajstić information content (AvgIpc) is 3.12. The molecule has 98 valence electrons. The highest BCUT2D eigenvalue weighted by atomic mass is 16.3. The summed E-state index contributed by atoms with van der Waals surface area (Å²) in [5, 5.41) is 12.3. The van der Waals surface area contributed by atoms with Crippen LogP contribution in [0.2, 0.25) is 0 Å². The summed E-state index contributed by atoms with van der Waals surface area (Å²) in [5.41, 5.74) is 0.773. The molecule has 0 spiro atoms. The smallest absolute Gasteiger partial charge is 0.239 e. The Morgan fingerprint density at radius 3 is 2.83 bits per heavy atom. The van der Waals surface area contributed by atoms with Crippen molar-refractivity contribution in [1.29, 1.82) is 0 Å². The van der Waals surface area contributed by atoms with Gasteiger partial charge in [-0.25, -0.2) is 4.98 Å². The Balaban J connectivity index is 1.90. The summed E-state index contributed by atoms with van der Waals surface area (Å²) in [4.78, 5) is 17.7. The second-order valence-electron chi connectivity index (χ2n) is 4.82. The van der Waals surface area contributed by atoms with E-state index in [1.807, 2.05) is 19.2 Å². The summed E-state index contributed by atoms with van der Waals surface area (Å²) in [6, 6.07) is 4.02. The van der Waals surface area contributed by atoms with Gasteiger partial charge in [0.15, 0.2) is 0 Å². The van der Waals surface area contributed by atoms with E-state index >= 15 is 0 Å². The van der Waals surface area contributed by atoms with Crippen molar-refractivity contribution in [3.8, 4) is 0 Å². The van der Waals surface area contributed by atoms with Crippen LogP contribution in [0.25, 0.3) is 0 Å². The molecule has 1 amide bonds. The number of pyridine rings is 1. The normalized spacial score (nSPS) is 16.2. The van der Waals surface area contributed by atoms with Crippen LogP contribution in [0, 0.1) is 0 Å². The van der Waals surface area contributed by atoms with Crippen LogP contribution < -0.4 is 10.2 Å². The minimum absolute atomic E-state index is 0.0291. The first-order chi connectivity index (χ1) is 8.56.